The highest BCUT2D eigenvalue weighted by Crippen LogP contribution is 2.28. The van der Waals surface area contributed by atoms with Crippen LogP contribution in [0.1, 0.15) is 36.0 Å². The van der Waals surface area contributed by atoms with E-state index < -0.39 is 5.97 Å². The molecule has 2 rings (SSSR count). The average molecular weight is 266 g/mol. The first-order valence-electron chi connectivity index (χ1n) is 6.55. The Kier molecular flexibility index (Phi) is 4.24. The molecule has 1 aromatic rings. The molecule has 0 amide bonds. The summed E-state index contributed by atoms with van der Waals surface area (Å²) in [6.07, 6.45) is 4.41. The number of hydrogen-bond donors (Lipinski definition) is 1. The summed E-state index contributed by atoms with van der Waals surface area (Å²) in [4.78, 5) is 13.6. The molecule has 5 heteroatoms. The van der Waals surface area contributed by atoms with E-state index in [0.29, 0.717) is 5.69 Å². The zero-order chi connectivity index (χ0) is 13.8. The number of anilines is 2. The number of nitrogen functional groups attached to an aromatic ring is 1. The molecule has 1 aliphatic rings. The topological polar surface area (TPSA) is 55.6 Å². The number of hydrogen-bond acceptors (Lipinski definition) is 4. The first kappa shape index (κ1) is 13.6. The summed E-state index contributed by atoms with van der Waals surface area (Å²) in [5, 5.41) is 0. The van der Waals surface area contributed by atoms with Gasteiger partial charge >= 0.3 is 5.97 Å². The Hall–Kier alpha value is -1.78. The number of carbonyl (C=O) groups excluding carboxylic acids is 1. The zero-order valence-electron chi connectivity index (χ0n) is 11.1. The second-order valence-corrected chi connectivity index (χ2v) is 4.78. The van der Waals surface area contributed by atoms with Gasteiger partial charge in [-0.05, 0) is 25.0 Å². The fraction of sp³-hybridized carbons (Fsp3) is 0.500. The van der Waals surface area contributed by atoms with Crippen LogP contribution in [0.4, 0.5) is 15.8 Å². The van der Waals surface area contributed by atoms with Crippen molar-refractivity contribution in [1.29, 1.82) is 0 Å². The van der Waals surface area contributed by atoms with Gasteiger partial charge in [0, 0.05) is 18.8 Å². The summed E-state index contributed by atoms with van der Waals surface area (Å²) in [7, 11) is 1.29. The van der Waals surface area contributed by atoms with Gasteiger partial charge in [-0.15, -0.1) is 0 Å². The number of halogens is 1. The summed E-state index contributed by atoms with van der Waals surface area (Å²) < 4.78 is 18.7. The summed E-state index contributed by atoms with van der Waals surface area (Å²) in [5.41, 5.74) is 6.45. The number of benzene rings is 1. The molecule has 0 unspecified atom stereocenters. The van der Waals surface area contributed by atoms with Crippen LogP contribution in [0, 0.1) is 5.82 Å². The first-order valence-corrected chi connectivity index (χ1v) is 6.55. The standard InChI is InChI=1S/C14H19FN2O2/c1-19-14(18)10-8-13(11(15)9-12(10)16)17-6-4-2-3-5-7-17/h8-9H,2-7,16H2,1H3. The van der Waals surface area contributed by atoms with Crippen LogP contribution in [0.5, 0.6) is 0 Å². The molecule has 1 fully saturated rings. The summed E-state index contributed by atoms with van der Waals surface area (Å²) in [5.74, 6) is -0.916. The normalized spacial score (nSPS) is 16.0. The van der Waals surface area contributed by atoms with Gasteiger partial charge in [0.05, 0.1) is 18.4 Å². The Balaban J connectivity index is 2.35. The molecule has 19 heavy (non-hydrogen) atoms. The van der Waals surface area contributed by atoms with Crippen LogP contribution in [-0.2, 0) is 4.74 Å². The molecule has 0 aliphatic carbocycles. The lowest BCUT2D eigenvalue weighted by molar-refractivity contribution is 0.0602. The highest BCUT2D eigenvalue weighted by molar-refractivity contribution is 5.96. The molecule has 0 atom stereocenters. The smallest absolute Gasteiger partial charge is 0.340 e. The van der Waals surface area contributed by atoms with E-state index >= 15 is 0 Å². The average Bonchev–Trinajstić information content (AvgIpc) is 2.67. The third-order valence-electron chi connectivity index (χ3n) is 3.47. The van der Waals surface area contributed by atoms with Crippen LogP contribution in [-0.4, -0.2) is 26.2 Å². The largest absolute Gasteiger partial charge is 0.465 e. The maximum Gasteiger partial charge on any atom is 0.340 e. The number of ether oxygens (including phenoxy) is 1. The lowest BCUT2D eigenvalue weighted by Crippen LogP contribution is -2.25. The van der Waals surface area contributed by atoms with Gasteiger partial charge in [0.25, 0.3) is 0 Å². The number of nitrogens with zero attached hydrogens (tertiary/aromatic N) is 1. The molecule has 2 N–H and O–H groups in total. The number of rotatable bonds is 2. The Morgan fingerprint density at radius 1 is 1.26 bits per heavy atom. The van der Waals surface area contributed by atoms with Gasteiger partial charge in [-0.3, -0.25) is 0 Å². The van der Waals surface area contributed by atoms with Crippen molar-refractivity contribution in [2.45, 2.75) is 25.7 Å². The van der Waals surface area contributed by atoms with Gasteiger partial charge in [-0.25, -0.2) is 9.18 Å². The Labute approximate surface area is 112 Å². The summed E-state index contributed by atoms with van der Waals surface area (Å²) >= 11 is 0. The SMILES string of the molecule is COC(=O)c1cc(N2CCCCCC2)c(F)cc1N. The predicted molar refractivity (Wildman–Crippen MR) is 72.8 cm³/mol. The van der Waals surface area contributed by atoms with Gasteiger partial charge in [-0.2, -0.15) is 0 Å². The lowest BCUT2D eigenvalue weighted by Gasteiger charge is -2.24. The highest BCUT2D eigenvalue weighted by atomic mass is 19.1. The Morgan fingerprint density at radius 2 is 1.89 bits per heavy atom. The van der Waals surface area contributed by atoms with Crippen LogP contribution in [0.25, 0.3) is 0 Å². The van der Waals surface area contributed by atoms with Gasteiger partial charge in [0.2, 0.25) is 0 Å². The van der Waals surface area contributed by atoms with Crippen LogP contribution in [0.15, 0.2) is 12.1 Å². The summed E-state index contributed by atoms with van der Waals surface area (Å²) in [6.45, 7) is 1.61. The minimum atomic E-state index is -0.534. The molecule has 104 valence electrons. The molecular formula is C14H19FN2O2. The number of esters is 1. The van der Waals surface area contributed by atoms with Crippen molar-refractivity contribution < 1.29 is 13.9 Å². The monoisotopic (exact) mass is 266 g/mol. The van der Waals surface area contributed by atoms with Crippen molar-refractivity contribution in [2.75, 3.05) is 30.8 Å². The van der Waals surface area contributed by atoms with Crippen molar-refractivity contribution >= 4 is 17.3 Å². The fourth-order valence-corrected chi connectivity index (χ4v) is 2.42. The molecule has 1 aliphatic heterocycles. The molecule has 1 saturated heterocycles. The third kappa shape index (κ3) is 2.97. The molecular weight excluding hydrogens is 247 g/mol. The Morgan fingerprint density at radius 3 is 2.47 bits per heavy atom. The molecule has 4 nitrogen and oxygen atoms in total. The molecule has 0 radical (unpaired) electrons. The van der Waals surface area contributed by atoms with Crippen molar-refractivity contribution in [2.24, 2.45) is 0 Å². The van der Waals surface area contributed by atoms with Crippen molar-refractivity contribution in [3.05, 3.63) is 23.5 Å². The van der Waals surface area contributed by atoms with Crippen molar-refractivity contribution in [3.63, 3.8) is 0 Å². The molecule has 0 saturated carbocycles. The second-order valence-electron chi connectivity index (χ2n) is 4.78. The molecule has 0 bridgehead atoms. The maximum atomic E-state index is 14.0. The minimum Gasteiger partial charge on any atom is -0.465 e. The summed E-state index contributed by atoms with van der Waals surface area (Å²) in [6, 6.07) is 2.70. The van der Waals surface area contributed by atoms with E-state index in [4.69, 9.17) is 5.73 Å². The third-order valence-corrected chi connectivity index (χ3v) is 3.47. The highest BCUT2D eigenvalue weighted by Gasteiger charge is 2.19. The van der Waals surface area contributed by atoms with E-state index in [0.717, 1.165) is 38.8 Å². The molecule has 0 spiro atoms. The van der Waals surface area contributed by atoms with Gasteiger partial charge in [0.15, 0.2) is 0 Å². The van der Waals surface area contributed by atoms with Crippen LogP contribution in [0.2, 0.25) is 0 Å². The maximum absolute atomic E-state index is 14.0. The first-order chi connectivity index (χ1) is 9.13. The van der Waals surface area contributed by atoms with Gasteiger partial charge < -0.3 is 15.4 Å². The van der Waals surface area contributed by atoms with Crippen LogP contribution in [0.3, 0.4) is 0 Å². The van der Waals surface area contributed by atoms with Crippen LogP contribution >= 0.6 is 0 Å². The minimum absolute atomic E-state index is 0.114. The van der Waals surface area contributed by atoms with E-state index in [1.807, 2.05) is 4.90 Å². The van der Waals surface area contributed by atoms with E-state index in [2.05, 4.69) is 4.74 Å². The fourth-order valence-electron chi connectivity index (χ4n) is 2.42. The van der Waals surface area contributed by atoms with E-state index in [-0.39, 0.29) is 17.1 Å². The zero-order valence-corrected chi connectivity index (χ0v) is 11.1. The van der Waals surface area contributed by atoms with Crippen LogP contribution < -0.4 is 10.6 Å². The molecule has 1 aromatic carbocycles. The predicted octanol–water partition coefficient (Wildman–Crippen LogP) is 2.57. The van der Waals surface area contributed by atoms with Gasteiger partial charge in [0.1, 0.15) is 5.82 Å². The Bertz CT molecular complexity index is 469. The van der Waals surface area contributed by atoms with E-state index in [1.165, 1.54) is 19.2 Å². The molecule has 1 heterocycles. The number of carbonyl (C=O) groups is 1. The quantitative estimate of drug-likeness (QED) is 0.660. The second kappa shape index (κ2) is 5.91. The molecule has 0 aromatic heterocycles. The lowest BCUT2D eigenvalue weighted by atomic mass is 10.1. The number of nitrogens with two attached hydrogens (primary N) is 1. The van der Waals surface area contributed by atoms with Crippen molar-refractivity contribution in [1.82, 2.24) is 0 Å². The van der Waals surface area contributed by atoms with E-state index in [1.54, 1.807) is 0 Å². The van der Waals surface area contributed by atoms with E-state index in [9.17, 15) is 9.18 Å². The number of methoxy groups -OCH3 is 1. The van der Waals surface area contributed by atoms with Gasteiger partial charge in [-0.1, -0.05) is 12.8 Å². The van der Waals surface area contributed by atoms with Crippen molar-refractivity contribution in [3.8, 4) is 0 Å².